The average Bonchev–Trinajstić information content (AvgIpc) is 3.10. The van der Waals surface area contributed by atoms with E-state index < -0.39 is 0 Å². The van der Waals surface area contributed by atoms with Crippen LogP contribution in [0.1, 0.15) is 6.42 Å². The lowest BCUT2D eigenvalue weighted by Gasteiger charge is -2.36. The Balaban J connectivity index is 1.25. The molecule has 32 heavy (non-hydrogen) atoms. The summed E-state index contributed by atoms with van der Waals surface area (Å²) < 4.78 is 11.1. The van der Waals surface area contributed by atoms with E-state index in [0.717, 1.165) is 37.6 Å². The van der Waals surface area contributed by atoms with Crippen LogP contribution in [0, 0.1) is 0 Å². The largest absolute Gasteiger partial charge is 0.497 e. The van der Waals surface area contributed by atoms with E-state index in [1.54, 1.807) is 12.0 Å². The number of methoxy groups -OCH3 is 1. The summed E-state index contributed by atoms with van der Waals surface area (Å²) in [6, 6.07) is 7.97. The molecule has 0 unspecified atom stereocenters. The van der Waals surface area contributed by atoms with E-state index in [9.17, 15) is 9.59 Å². The number of rotatable bonds is 6. The molecule has 0 spiro atoms. The molecule has 3 aliphatic heterocycles. The van der Waals surface area contributed by atoms with Crippen LogP contribution in [-0.4, -0.2) is 97.0 Å². The van der Waals surface area contributed by atoms with E-state index in [-0.39, 0.29) is 18.2 Å². The Hall–Kier alpha value is -2.30. The van der Waals surface area contributed by atoms with Gasteiger partial charge in [-0.25, -0.2) is 0 Å². The fourth-order valence-corrected chi connectivity index (χ4v) is 5.24. The fourth-order valence-electron chi connectivity index (χ4n) is 3.93. The zero-order valence-electron chi connectivity index (χ0n) is 18.2. The van der Waals surface area contributed by atoms with Crippen molar-refractivity contribution in [2.75, 3.05) is 71.0 Å². The summed E-state index contributed by atoms with van der Waals surface area (Å²) in [6.45, 7) is 6.08. The van der Waals surface area contributed by atoms with Crippen molar-refractivity contribution < 1.29 is 19.1 Å². The van der Waals surface area contributed by atoms with Crippen molar-refractivity contribution in [1.29, 1.82) is 0 Å². The van der Waals surface area contributed by atoms with Crippen LogP contribution in [0.2, 0.25) is 0 Å². The van der Waals surface area contributed by atoms with Gasteiger partial charge in [-0.05, 0) is 24.3 Å². The van der Waals surface area contributed by atoms with E-state index in [4.69, 9.17) is 21.7 Å². The number of thioether (sulfide) groups is 1. The lowest BCUT2D eigenvalue weighted by Crippen LogP contribution is -2.49. The minimum absolute atomic E-state index is 0.0607. The minimum Gasteiger partial charge on any atom is -0.497 e. The molecule has 10 heteroatoms. The monoisotopic (exact) mass is 476 g/mol. The summed E-state index contributed by atoms with van der Waals surface area (Å²) in [4.78, 5) is 33.9. The molecule has 1 aromatic carbocycles. The predicted molar refractivity (Wildman–Crippen MR) is 129 cm³/mol. The quantitative estimate of drug-likeness (QED) is 0.455. The van der Waals surface area contributed by atoms with Crippen molar-refractivity contribution in [3.8, 4) is 5.75 Å². The van der Waals surface area contributed by atoms with Crippen LogP contribution in [0.3, 0.4) is 0 Å². The molecule has 4 rings (SSSR count). The van der Waals surface area contributed by atoms with Gasteiger partial charge in [0.05, 0.1) is 25.2 Å². The van der Waals surface area contributed by atoms with Crippen LogP contribution in [0.25, 0.3) is 0 Å². The van der Waals surface area contributed by atoms with Gasteiger partial charge in [-0.15, -0.1) is 0 Å². The summed E-state index contributed by atoms with van der Waals surface area (Å²) in [5.74, 6) is 0.784. The molecule has 1 aromatic rings. The maximum atomic E-state index is 12.8. The lowest BCUT2D eigenvalue weighted by molar-refractivity contribution is -0.132. The highest BCUT2D eigenvalue weighted by atomic mass is 32.2. The number of piperazine rings is 1. The number of hydrogen-bond acceptors (Lipinski definition) is 8. The summed E-state index contributed by atoms with van der Waals surface area (Å²) in [6.07, 6.45) is 2.15. The van der Waals surface area contributed by atoms with Gasteiger partial charge < -0.3 is 24.2 Å². The number of benzene rings is 1. The maximum absolute atomic E-state index is 12.8. The molecule has 3 saturated heterocycles. The molecule has 3 aliphatic rings. The Morgan fingerprint density at radius 2 is 1.81 bits per heavy atom. The number of ether oxygens (including phenoxy) is 2. The first-order chi connectivity index (χ1) is 15.5. The van der Waals surface area contributed by atoms with Gasteiger partial charge in [0.2, 0.25) is 5.91 Å². The number of carbonyl (C=O) groups is 2. The van der Waals surface area contributed by atoms with Crippen LogP contribution < -0.4 is 9.64 Å². The van der Waals surface area contributed by atoms with Crippen molar-refractivity contribution in [2.45, 2.75) is 6.42 Å². The molecule has 3 heterocycles. The number of anilines is 1. The van der Waals surface area contributed by atoms with Crippen molar-refractivity contribution in [3.05, 3.63) is 35.4 Å². The highest BCUT2D eigenvalue weighted by molar-refractivity contribution is 8.26. The van der Waals surface area contributed by atoms with Gasteiger partial charge in [-0.1, -0.05) is 24.0 Å². The second-order valence-corrected chi connectivity index (χ2v) is 9.46. The minimum atomic E-state index is -0.108. The van der Waals surface area contributed by atoms with Gasteiger partial charge in [0.1, 0.15) is 10.1 Å². The van der Waals surface area contributed by atoms with Crippen LogP contribution in [0.15, 0.2) is 35.4 Å². The van der Waals surface area contributed by atoms with Gasteiger partial charge in [0, 0.05) is 64.1 Å². The zero-order chi connectivity index (χ0) is 22.5. The molecule has 0 saturated carbocycles. The third-order valence-electron chi connectivity index (χ3n) is 5.84. The first-order valence-electron chi connectivity index (χ1n) is 10.8. The third-order valence-corrected chi connectivity index (χ3v) is 7.20. The molecule has 0 N–H and O–H groups in total. The van der Waals surface area contributed by atoms with Crippen LogP contribution in [-0.2, 0) is 14.3 Å². The second-order valence-electron chi connectivity index (χ2n) is 7.78. The van der Waals surface area contributed by atoms with E-state index >= 15 is 0 Å². The zero-order valence-corrected chi connectivity index (χ0v) is 19.8. The maximum Gasteiger partial charge on any atom is 0.267 e. The van der Waals surface area contributed by atoms with Crippen LogP contribution in [0.5, 0.6) is 5.75 Å². The smallest absolute Gasteiger partial charge is 0.267 e. The number of nitrogens with zero attached hydrogens (tertiary/aromatic N) is 4. The molecule has 3 fully saturated rings. The molecular weight excluding hydrogens is 448 g/mol. The average molecular weight is 477 g/mol. The van der Waals surface area contributed by atoms with Crippen LogP contribution in [0.4, 0.5) is 5.69 Å². The Morgan fingerprint density at radius 3 is 2.47 bits per heavy atom. The van der Waals surface area contributed by atoms with Gasteiger partial charge in [0.15, 0.2) is 0 Å². The molecule has 2 amide bonds. The molecule has 0 aliphatic carbocycles. The molecule has 0 aromatic heterocycles. The van der Waals surface area contributed by atoms with Gasteiger partial charge in [-0.2, -0.15) is 0 Å². The first kappa shape index (κ1) is 22.9. The summed E-state index contributed by atoms with van der Waals surface area (Å²) >= 11 is 6.71. The van der Waals surface area contributed by atoms with E-state index in [2.05, 4.69) is 9.80 Å². The van der Waals surface area contributed by atoms with Crippen molar-refractivity contribution in [3.63, 3.8) is 0 Å². The predicted octanol–water partition coefficient (Wildman–Crippen LogP) is 1.77. The highest BCUT2D eigenvalue weighted by Crippen LogP contribution is 2.31. The van der Waals surface area contributed by atoms with E-state index in [0.29, 0.717) is 42.1 Å². The Kier molecular flexibility index (Phi) is 7.54. The number of carbonyl (C=O) groups excluding carboxylic acids is 2. The second kappa shape index (κ2) is 10.5. The van der Waals surface area contributed by atoms with Gasteiger partial charge in [-0.3, -0.25) is 14.5 Å². The molecule has 0 atom stereocenters. The molecule has 0 radical (unpaired) electrons. The lowest BCUT2D eigenvalue weighted by atomic mass is 10.2. The Morgan fingerprint density at radius 1 is 1.12 bits per heavy atom. The normalized spacial score (nSPS) is 21.0. The molecule has 0 bridgehead atoms. The van der Waals surface area contributed by atoms with Crippen molar-refractivity contribution >= 4 is 45.8 Å². The molecular formula is C22H28N4O4S2. The van der Waals surface area contributed by atoms with Crippen molar-refractivity contribution in [2.24, 2.45) is 0 Å². The molecule has 172 valence electrons. The van der Waals surface area contributed by atoms with E-state index in [1.807, 2.05) is 35.4 Å². The van der Waals surface area contributed by atoms with Crippen molar-refractivity contribution in [1.82, 2.24) is 14.7 Å². The third kappa shape index (κ3) is 5.36. The number of hydrogen-bond donors (Lipinski definition) is 0. The Bertz CT molecular complexity index is 878. The summed E-state index contributed by atoms with van der Waals surface area (Å²) in [5, 5.41) is 0. The number of thiocarbonyl (C=S) groups is 1. The number of morpholine rings is 1. The standard InChI is InChI=1S/C22H28N4O4S2/c1-29-18-4-2-17(3-5-18)24-8-10-25(11-9-24)20(27)6-7-26-21(28)19(32-22(26)31)16-23-12-14-30-15-13-23/h2-5,16H,6-15H2,1H3/b19-16-. The van der Waals surface area contributed by atoms with Gasteiger partial charge in [0.25, 0.3) is 5.91 Å². The molecule has 8 nitrogen and oxygen atoms in total. The summed E-state index contributed by atoms with van der Waals surface area (Å²) in [5.41, 5.74) is 1.13. The Labute approximate surface area is 198 Å². The summed E-state index contributed by atoms with van der Waals surface area (Å²) in [7, 11) is 1.65. The first-order valence-corrected chi connectivity index (χ1v) is 12.0. The van der Waals surface area contributed by atoms with Gasteiger partial charge >= 0.3 is 0 Å². The number of amides is 2. The topological polar surface area (TPSA) is 65.6 Å². The SMILES string of the molecule is COc1ccc(N2CCN(C(=O)CCN3C(=O)/C(=C/N4CCOCC4)SC3=S)CC2)cc1. The fraction of sp³-hybridized carbons (Fsp3) is 0.500. The highest BCUT2D eigenvalue weighted by Gasteiger charge is 2.33. The van der Waals surface area contributed by atoms with E-state index in [1.165, 1.54) is 11.8 Å². The van der Waals surface area contributed by atoms with Crippen LogP contribution >= 0.6 is 24.0 Å².